The number of hydrogen-bond donors (Lipinski definition) is 2. The Bertz CT molecular complexity index is 726. The van der Waals surface area contributed by atoms with Crippen LogP contribution >= 0.6 is 12.2 Å². The van der Waals surface area contributed by atoms with Gasteiger partial charge in [0.2, 0.25) is 0 Å². The Labute approximate surface area is 166 Å². The summed E-state index contributed by atoms with van der Waals surface area (Å²) in [4.78, 5) is 2.35. The van der Waals surface area contributed by atoms with E-state index in [-0.39, 0.29) is 6.10 Å². The largest absolute Gasteiger partial charge is 0.491 e. The summed E-state index contributed by atoms with van der Waals surface area (Å²) in [6.07, 6.45) is 0.168. The van der Waals surface area contributed by atoms with Crippen LogP contribution in [0.2, 0.25) is 0 Å². The SMILES string of the molecule is CC(C)Oc1ccc(NC(=S)NCc2ccc(N3CCOCC3)cc2)cc1. The van der Waals surface area contributed by atoms with E-state index in [1.54, 1.807) is 0 Å². The lowest BCUT2D eigenvalue weighted by Crippen LogP contribution is -2.36. The summed E-state index contributed by atoms with van der Waals surface area (Å²) in [5, 5.41) is 7.05. The van der Waals surface area contributed by atoms with Gasteiger partial charge in [-0.3, -0.25) is 0 Å². The van der Waals surface area contributed by atoms with Crippen LogP contribution in [0.5, 0.6) is 5.75 Å². The first-order chi connectivity index (χ1) is 13.1. The van der Waals surface area contributed by atoms with Gasteiger partial charge in [-0.15, -0.1) is 0 Å². The van der Waals surface area contributed by atoms with E-state index in [9.17, 15) is 0 Å². The molecule has 1 aliphatic heterocycles. The Morgan fingerprint density at radius 3 is 2.37 bits per heavy atom. The fourth-order valence-electron chi connectivity index (χ4n) is 2.89. The predicted octanol–water partition coefficient (Wildman–Crippen LogP) is 3.80. The van der Waals surface area contributed by atoms with Crippen LogP contribution in [0.15, 0.2) is 48.5 Å². The van der Waals surface area contributed by atoms with Gasteiger partial charge < -0.3 is 25.0 Å². The van der Waals surface area contributed by atoms with Gasteiger partial charge >= 0.3 is 0 Å². The molecular weight excluding hydrogens is 358 g/mol. The van der Waals surface area contributed by atoms with Gasteiger partial charge in [0.05, 0.1) is 19.3 Å². The Morgan fingerprint density at radius 2 is 1.74 bits per heavy atom. The summed E-state index contributed by atoms with van der Waals surface area (Å²) in [5.74, 6) is 0.856. The highest BCUT2D eigenvalue weighted by atomic mass is 32.1. The molecule has 5 nitrogen and oxygen atoms in total. The number of nitrogens with one attached hydrogen (secondary N) is 2. The average molecular weight is 386 g/mol. The molecule has 1 fully saturated rings. The number of morpholine rings is 1. The van der Waals surface area contributed by atoms with Crippen molar-refractivity contribution in [2.24, 2.45) is 0 Å². The van der Waals surface area contributed by atoms with E-state index >= 15 is 0 Å². The van der Waals surface area contributed by atoms with E-state index in [0.29, 0.717) is 11.7 Å². The van der Waals surface area contributed by atoms with E-state index in [4.69, 9.17) is 21.7 Å². The smallest absolute Gasteiger partial charge is 0.171 e. The molecule has 2 aromatic rings. The van der Waals surface area contributed by atoms with Crippen LogP contribution in [-0.4, -0.2) is 37.5 Å². The zero-order chi connectivity index (χ0) is 19.1. The van der Waals surface area contributed by atoms with Crippen LogP contribution in [0.3, 0.4) is 0 Å². The molecule has 0 saturated carbocycles. The van der Waals surface area contributed by atoms with Crippen molar-refractivity contribution in [3.8, 4) is 5.75 Å². The molecule has 0 bridgehead atoms. The van der Waals surface area contributed by atoms with Crippen molar-refractivity contribution in [3.63, 3.8) is 0 Å². The third-order valence-corrected chi connectivity index (χ3v) is 4.50. The third kappa shape index (κ3) is 6.12. The molecule has 27 heavy (non-hydrogen) atoms. The van der Waals surface area contributed by atoms with Crippen molar-refractivity contribution >= 4 is 28.7 Å². The molecule has 1 heterocycles. The van der Waals surface area contributed by atoms with Gasteiger partial charge in [0.25, 0.3) is 0 Å². The minimum atomic E-state index is 0.168. The number of ether oxygens (including phenoxy) is 2. The third-order valence-electron chi connectivity index (χ3n) is 4.25. The molecule has 0 radical (unpaired) electrons. The summed E-state index contributed by atoms with van der Waals surface area (Å²) in [6.45, 7) is 8.21. The van der Waals surface area contributed by atoms with Crippen LogP contribution < -0.4 is 20.3 Å². The Morgan fingerprint density at radius 1 is 1.07 bits per heavy atom. The Balaban J connectivity index is 1.45. The minimum Gasteiger partial charge on any atom is -0.491 e. The number of anilines is 2. The number of nitrogens with zero attached hydrogens (tertiary/aromatic N) is 1. The fourth-order valence-corrected chi connectivity index (χ4v) is 3.08. The molecule has 2 aromatic carbocycles. The monoisotopic (exact) mass is 385 g/mol. The van der Waals surface area contributed by atoms with Crippen LogP contribution in [-0.2, 0) is 11.3 Å². The second-order valence-electron chi connectivity index (χ2n) is 6.76. The zero-order valence-corrected chi connectivity index (χ0v) is 16.7. The number of thiocarbonyl (C=S) groups is 1. The van der Waals surface area contributed by atoms with E-state index in [1.165, 1.54) is 11.3 Å². The second kappa shape index (κ2) is 9.58. The second-order valence-corrected chi connectivity index (χ2v) is 7.17. The summed E-state index contributed by atoms with van der Waals surface area (Å²) in [7, 11) is 0. The van der Waals surface area contributed by atoms with Crippen molar-refractivity contribution in [1.29, 1.82) is 0 Å². The molecule has 3 rings (SSSR count). The van der Waals surface area contributed by atoms with E-state index < -0.39 is 0 Å². The standard InChI is InChI=1S/C21H27N3O2S/c1-16(2)26-20-9-5-18(6-10-20)23-21(27)22-15-17-3-7-19(8-4-17)24-11-13-25-14-12-24/h3-10,16H,11-15H2,1-2H3,(H2,22,23,27). The van der Waals surface area contributed by atoms with Crippen LogP contribution in [0.4, 0.5) is 11.4 Å². The van der Waals surface area contributed by atoms with Gasteiger partial charge in [-0.25, -0.2) is 0 Å². The van der Waals surface area contributed by atoms with Crippen molar-refractivity contribution in [3.05, 3.63) is 54.1 Å². The normalized spacial score (nSPS) is 14.1. The molecule has 6 heteroatoms. The van der Waals surface area contributed by atoms with Crippen LogP contribution in [0.1, 0.15) is 19.4 Å². The minimum absolute atomic E-state index is 0.168. The van der Waals surface area contributed by atoms with Crippen molar-refractivity contribution in [2.45, 2.75) is 26.5 Å². The summed E-state index contributed by atoms with van der Waals surface area (Å²) in [5.41, 5.74) is 3.37. The summed E-state index contributed by atoms with van der Waals surface area (Å²) < 4.78 is 11.0. The molecule has 144 valence electrons. The molecular formula is C21H27N3O2S. The van der Waals surface area contributed by atoms with E-state index in [0.717, 1.165) is 37.7 Å². The highest BCUT2D eigenvalue weighted by Crippen LogP contribution is 2.18. The first-order valence-corrected chi connectivity index (χ1v) is 9.74. The van der Waals surface area contributed by atoms with E-state index in [2.05, 4.69) is 39.8 Å². The molecule has 0 spiro atoms. The van der Waals surface area contributed by atoms with Gasteiger partial charge in [-0.2, -0.15) is 0 Å². The molecule has 0 aromatic heterocycles. The van der Waals surface area contributed by atoms with Crippen LogP contribution in [0.25, 0.3) is 0 Å². The van der Waals surface area contributed by atoms with Crippen molar-refractivity contribution < 1.29 is 9.47 Å². The Kier molecular flexibility index (Phi) is 6.90. The van der Waals surface area contributed by atoms with Crippen LogP contribution in [0, 0.1) is 0 Å². The maximum Gasteiger partial charge on any atom is 0.171 e. The molecule has 1 saturated heterocycles. The molecule has 0 atom stereocenters. The predicted molar refractivity (Wildman–Crippen MR) is 115 cm³/mol. The lowest BCUT2D eigenvalue weighted by atomic mass is 10.2. The molecule has 2 N–H and O–H groups in total. The molecule has 0 amide bonds. The van der Waals surface area contributed by atoms with Crippen molar-refractivity contribution in [2.75, 3.05) is 36.5 Å². The lowest BCUT2D eigenvalue weighted by molar-refractivity contribution is 0.122. The molecule has 0 unspecified atom stereocenters. The maximum absolute atomic E-state index is 5.65. The van der Waals surface area contributed by atoms with Gasteiger partial charge in [-0.05, 0) is 68.0 Å². The van der Waals surface area contributed by atoms with E-state index in [1.807, 2.05) is 38.1 Å². The highest BCUT2D eigenvalue weighted by Gasteiger charge is 2.10. The summed E-state index contributed by atoms with van der Waals surface area (Å²) in [6, 6.07) is 16.4. The fraction of sp³-hybridized carbons (Fsp3) is 0.381. The number of hydrogen-bond acceptors (Lipinski definition) is 4. The first kappa shape index (κ1) is 19.5. The highest BCUT2D eigenvalue weighted by molar-refractivity contribution is 7.80. The first-order valence-electron chi connectivity index (χ1n) is 9.33. The number of rotatable bonds is 6. The van der Waals surface area contributed by atoms with Gasteiger partial charge in [0.1, 0.15) is 5.75 Å². The quantitative estimate of drug-likeness (QED) is 0.738. The molecule has 0 aliphatic carbocycles. The van der Waals surface area contributed by atoms with Gasteiger partial charge in [-0.1, -0.05) is 12.1 Å². The topological polar surface area (TPSA) is 45.8 Å². The lowest BCUT2D eigenvalue weighted by Gasteiger charge is -2.28. The zero-order valence-electron chi connectivity index (χ0n) is 15.9. The van der Waals surface area contributed by atoms with Crippen molar-refractivity contribution in [1.82, 2.24) is 5.32 Å². The molecule has 1 aliphatic rings. The Hall–Kier alpha value is -2.31. The number of benzene rings is 2. The van der Waals surface area contributed by atoms with Gasteiger partial charge in [0, 0.05) is 31.0 Å². The van der Waals surface area contributed by atoms with Gasteiger partial charge in [0.15, 0.2) is 5.11 Å². The maximum atomic E-state index is 5.65. The summed E-state index contributed by atoms with van der Waals surface area (Å²) >= 11 is 5.39. The average Bonchev–Trinajstić information content (AvgIpc) is 2.69.